The Kier molecular flexibility index (Phi) is 6.40. The van der Waals surface area contributed by atoms with E-state index < -0.39 is 11.6 Å². The number of nitrogens with zero attached hydrogens (tertiary/aromatic N) is 1. The monoisotopic (exact) mass is 359 g/mol. The van der Waals surface area contributed by atoms with E-state index in [0.29, 0.717) is 18.8 Å². The fourth-order valence-electron chi connectivity index (χ4n) is 3.37. The molecule has 0 bridgehead atoms. The molecule has 0 spiro atoms. The van der Waals surface area contributed by atoms with Gasteiger partial charge >= 0.3 is 6.03 Å². The number of urea groups is 1. The lowest BCUT2D eigenvalue weighted by Gasteiger charge is -2.24. The molecule has 1 aliphatic heterocycles. The van der Waals surface area contributed by atoms with Crippen molar-refractivity contribution >= 4 is 17.8 Å². The standard InChI is InChI=1S/C20H29N3O3/c1-5-20(6-2)18(25)23(19(26)22-20)13-17(24)21-16(12-14(3)4)15-10-8-7-9-11-15/h7-11,14,16H,5-6,12-13H2,1-4H3,(H,21,24)(H,22,26)/t16-/m1/s1. The molecule has 0 aromatic heterocycles. The van der Waals surface area contributed by atoms with Gasteiger partial charge in [0.2, 0.25) is 5.91 Å². The van der Waals surface area contributed by atoms with E-state index in [1.54, 1.807) is 0 Å². The van der Waals surface area contributed by atoms with Crippen molar-refractivity contribution in [1.82, 2.24) is 15.5 Å². The third-order valence-corrected chi connectivity index (χ3v) is 5.00. The van der Waals surface area contributed by atoms with Gasteiger partial charge in [-0.3, -0.25) is 14.5 Å². The predicted octanol–water partition coefficient (Wildman–Crippen LogP) is 3.00. The number of carbonyl (C=O) groups is 3. The predicted molar refractivity (Wildman–Crippen MR) is 100 cm³/mol. The van der Waals surface area contributed by atoms with E-state index in [-0.39, 0.29) is 24.4 Å². The summed E-state index contributed by atoms with van der Waals surface area (Å²) in [5.74, 6) is -0.251. The van der Waals surface area contributed by atoms with Crippen molar-refractivity contribution in [2.24, 2.45) is 5.92 Å². The molecule has 0 unspecified atom stereocenters. The van der Waals surface area contributed by atoms with Crippen LogP contribution in [0, 0.1) is 5.92 Å². The Labute approximate surface area is 155 Å². The third-order valence-electron chi connectivity index (χ3n) is 5.00. The highest BCUT2D eigenvalue weighted by Gasteiger charge is 2.49. The van der Waals surface area contributed by atoms with Gasteiger partial charge in [0, 0.05) is 0 Å². The topological polar surface area (TPSA) is 78.5 Å². The first-order chi connectivity index (χ1) is 12.3. The molecule has 26 heavy (non-hydrogen) atoms. The smallest absolute Gasteiger partial charge is 0.325 e. The van der Waals surface area contributed by atoms with Gasteiger partial charge in [0.15, 0.2) is 0 Å². The van der Waals surface area contributed by atoms with E-state index in [9.17, 15) is 14.4 Å². The summed E-state index contributed by atoms with van der Waals surface area (Å²) < 4.78 is 0. The molecule has 6 nitrogen and oxygen atoms in total. The number of carbonyl (C=O) groups excluding carboxylic acids is 3. The molecule has 1 aromatic carbocycles. The van der Waals surface area contributed by atoms with Crippen LogP contribution in [0.5, 0.6) is 0 Å². The van der Waals surface area contributed by atoms with Crippen LogP contribution < -0.4 is 10.6 Å². The zero-order chi connectivity index (χ0) is 19.3. The molecule has 142 valence electrons. The normalized spacial score (nSPS) is 17.3. The van der Waals surface area contributed by atoms with Crippen LogP contribution in [0.1, 0.15) is 58.6 Å². The number of hydrogen-bond donors (Lipinski definition) is 2. The van der Waals surface area contributed by atoms with Crippen molar-refractivity contribution in [2.75, 3.05) is 6.54 Å². The highest BCUT2D eigenvalue weighted by Crippen LogP contribution is 2.25. The molecule has 1 aromatic rings. The first-order valence-corrected chi connectivity index (χ1v) is 9.31. The van der Waals surface area contributed by atoms with Crippen molar-refractivity contribution in [3.63, 3.8) is 0 Å². The van der Waals surface area contributed by atoms with Crippen LogP contribution >= 0.6 is 0 Å². The molecular formula is C20H29N3O3. The molecular weight excluding hydrogens is 330 g/mol. The molecule has 4 amide bonds. The van der Waals surface area contributed by atoms with Gasteiger partial charge < -0.3 is 10.6 Å². The Bertz CT molecular complexity index is 654. The minimum absolute atomic E-state index is 0.147. The minimum atomic E-state index is -0.881. The maximum Gasteiger partial charge on any atom is 0.325 e. The molecule has 6 heteroatoms. The molecule has 1 saturated heterocycles. The lowest BCUT2D eigenvalue weighted by molar-refractivity contribution is -0.135. The molecule has 0 saturated carbocycles. The fourth-order valence-corrected chi connectivity index (χ4v) is 3.37. The van der Waals surface area contributed by atoms with Gasteiger partial charge in [-0.25, -0.2) is 4.79 Å². The van der Waals surface area contributed by atoms with Gasteiger partial charge in [-0.05, 0) is 30.7 Å². The largest absolute Gasteiger partial charge is 0.348 e. The van der Waals surface area contributed by atoms with Crippen molar-refractivity contribution in [1.29, 1.82) is 0 Å². The maximum absolute atomic E-state index is 12.6. The minimum Gasteiger partial charge on any atom is -0.348 e. The average Bonchev–Trinajstić information content (AvgIpc) is 2.86. The number of hydrogen-bond acceptors (Lipinski definition) is 3. The Hall–Kier alpha value is -2.37. The molecule has 2 N–H and O–H groups in total. The quantitative estimate of drug-likeness (QED) is 0.700. The van der Waals surface area contributed by atoms with E-state index in [2.05, 4.69) is 24.5 Å². The van der Waals surface area contributed by atoms with Gasteiger partial charge in [-0.2, -0.15) is 0 Å². The fraction of sp³-hybridized carbons (Fsp3) is 0.550. The first kappa shape index (κ1) is 19.9. The number of imide groups is 1. The van der Waals surface area contributed by atoms with E-state index in [1.807, 2.05) is 44.2 Å². The summed E-state index contributed by atoms with van der Waals surface area (Å²) in [5.41, 5.74) is 0.136. The van der Waals surface area contributed by atoms with Crippen molar-refractivity contribution in [3.8, 4) is 0 Å². The summed E-state index contributed by atoms with van der Waals surface area (Å²) in [6, 6.07) is 9.10. The van der Waals surface area contributed by atoms with Crippen LogP contribution in [0.4, 0.5) is 4.79 Å². The van der Waals surface area contributed by atoms with Crippen LogP contribution in [0.2, 0.25) is 0 Å². The highest BCUT2D eigenvalue weighted by atomic mass is 16.2. The Morgan fingerprint density at radius 1 is 1.15 bits per heavy atom. The lowest BCUT2D eigenvalue weighted by atomic mass is 9.93. The Balaban J connectivity index is 2.08. The van der Waals surface area contributed by atoms with Crippen LogP contribution in [0.3, 0.4) is 0 Å². The van der Waals surface area contributed by atoms with Crippen molar-refractivity contribution in [2.45, 2.75) is 58.5 Å². The number of benzene rings is 1. The summed E-state index contributed by atoms with van der Waals surface area (Å²) >= 11 is 0. The highest BCUT2D eigenvalue weighted by molar-refractivity contribution is 6.09. The Morgan fingerprint density at radius 3 is 2.27 bits per heavy atom. The third kappa shape index (κ3) is 4.23. The van der Waals surface area contributed by atoms with Crippen LogP contribution in [0.25, 0.3) is 0 Å². The average molecular weight is 359 g/mol. The summed E-state index contributed by atoms with van der Waals surface area (Å²) in [6.45, 7) is 7.65. The second kappa shape index (κ2) is 8.34. The van der Waals surface area contributed by atoms with Crippen LogP contribution in [-0.2, 0) is 9.59 Å². The van der Waals surface area contributed by atoms with Crippen LogP contribution in [-0.4, -0.2) is 34.8 Å². The SMILES string of the molecule is CCC1(CC)NC(=O)N(CC(=O)N[C@H](CC(C)C)c2ccccc2)C1=O. The zero-order valence-electron chi connectivity index (χ0n) is 16.0. The first-order valence-electron chi connectivity index (χ1n) is 9.31. The molecule has 1 aliphatic rings. The molecule has 0 aliphatic carbocycles. The van der Waals surface area contributed by atoms with Crippen molar-refractivity contribution in [3.05, 3.63) is 35.9 Å². The van der Waals surface area contributed by atoms with E-state index in [4.69, 9.17) is 0 Å². The van der Waals surface area contributed by atoms with E-state index >= 15 is 0 Å². The van der Waals surface area contributed by atoms with E-state index in [1.165, 1.54) is 0 Å². The van der Waals surface area contributed by atoms with Gasteiger partial charge in [0.05, 0.1) is 6.04 Å². The van der Waals surface area contributed by atoms with Gasteiger partial charge in [-0.15, -0.1) is 0 Å². The maximum atomic E-state index is 12.6. The molecule has 0 radical (unpaired) electrons. The molecule has 1 atom stereocenters. The Morgan fingerprint density at radius 2 is 1.77 bits per heavy atom. The van der Waals surface area contributed by atoms with Crippen LogP contribution in [0.15, 0.2) is 30.3 Å². The van der Waals surface area contributed by atoms with E-state index in [0.717, 1.165) is 16.9 Å². The summed E-state index contributed by atoms with van der Waals surface area (Å²) in [4.78, 5) is 38.4. The second-order valence-corrected chi connectivity index (χ2v) is 7.27. The molecule has 1 heterocycles. The van der Waals surface area contributed by atoms with Gasteiger partial charge in [-0.1, -0.05) is 58.0 Å². The number of amides is 4. The number of nitrogens with one attached hydrogen (secondary N) is 2. The summed E-state index contributed by atoms with van der Waals surface area (Å²) in [7, 11) is 0. The van der Waals surface area contributed by atoms with Gasteiger partial charge in [0.25, 0.3) is 5.91 Å². The summed E-state index contributed by atoms with van der Waals surface area (Å²) in [6.07, 6.45) is 1.79. The molecule has 2 rings (SSSR count). The number of rotatable bonds is 8. The lowest BCUT2D eigenvalue weighted by Crippen LogP contribution is -2.47. The molecule has 1 fully saturated rings. The zero-order valence-corrected chi connectivity index (χ0v) is 16.0. The van der Waals surface area contributed by atoms with Gasteiger partial charge in [0.1, 0.15) is 12.1 Å². The summed E-state index contributed by atoms with van der Waals surface area (Å²) in [5, 5.41) is 5.73. The van der Waals surface area contributed by atoms with Crippen molar-refractivity contribution < 1.29 is 14.4 Å². The second-order valence-electron chi connectivity index (χ2n) is 7.27.